The van der Waals surface area contributed by atoms with E-state index in [4.69, 9.17) is 20.8 Å². The predicted octanol–water partition coefficient (Wildman–Crippen LogP) is 4.90. The van der Waals surface area contributed by atoms with Gasteiger partial charge in [0, 0.05) is 18.1 Å². The first-order chi connectivity index (χ1) is 15.4. The highest BCUT2D eigenvalue weighted by Gasteiger charge is 2.28. The molecule has 0 aliphatic carbocycles. The summed E-state index contributed by atoms with van der Waals surface area (Å²) in [6.45, 7) is 5.62. The average molecular weight is 456 g/mol. The summed E-state index contributed by atoms with van der Waals surface area (Å²) in [5, 5.41) is 11.6. The zero-order valence-corrected chi connectivity index (χ0v) is 18.9. The van der Waals surface area contributed by atoms with Gasteiger partial charge in [-0.2, -0.15) is 0 Å². The molecule has 2 aromatic carbocycles. The zero-order valence-electron chi connectivity index (χ0n) is 18.2. The van der Waals surface area contributed by atoms with E-state index in [1.807, 2.05) is 0 Å². The molecular formula is C25H26ClNO5. The molecule has 0 bridgehead atoms. The molecule has 1 aliphatic rings. The molecule has 1 N–H and O–H groups in total. The monoisotopic (exact) mass is 455 g/mol. The maximum absolute atomic E-state index is 13.4. The molecule has 7 heteroatoms. The number of aromatic hydroxyl groups is 1. The van der Waals surface area contributed by atoms with Gasteiger partial charge in [-0.05, 0) is 63.1 Å². The Kier molecular flexibility index (Phi) is 6.53. The van der Waals surface area contributed by atoms with Crippen molar-refractivity contribution < 1.29 is 19.1 Å². The highest BCUT2D eigenvalue weighted by molar-refractivity contribution is 6.30. The van der Waals surface area contributed by atoms with Crippen LogP contribution in [0.4, 0.5) is 0 Å². The Balaban J connectivity index is 1.71. The number of fused-ring (bicyclic) bond motifs is 1. The Morgan fingerprint density at radius 2 is 2.00 bits per heavy atom. The number of piperidine rings is 1. The van der Waals surface area contributed by atoms with Crippen molar-refractivity contribution in [1.29, 1.82) is 0 Å². The highest BCUT2D eigenvalue weighted by Crippen LogP contribution is 2.32. The lowest BCUT2D eigenvalue weighted by Crippen LogP contribution is -2.39. The van der Waals surface area contributed by atoms with Gasteiger partial charge in [-0.1, -0.05) is 23.7 Å². The fourth-order valence-electron chi connectivity index (χ4n) is 4.39. The average Bonchev–Trinajstić information content (AvgIpc) is 2.77. The third-order valence-electron chi connectivity index (χ3n) is 5.95. The van der Waals surface area contributed by atoms with Crippen LogP contribution in [0.3, 0.4) is 0 Å². The number of carbonyl (C=O) groups excluding carboxylic acids is 1. The molecule has 4 rings (SSSR count). The van der Waals surface area contributed by atoms with Crippen LogP contribution in [0.25, 0.3) is 22.1 Å². The molecule has 1 saturated heterocycles. The normalized spacial score (nSPS) is 16.9. The van der Waals surface area contributed by atoms with Crippen molar-refractivity contribution in [3.63, 3.8) is 0 Å². The number of likely N-dealkylation sites (tertiary alicyclic amines) is 1. The van der Waals surface area contributed by atoms with Crippen LogP contribution in [0.1, 0.15) is 31.1 Å². The molecule has 1 aromatic heterocycles. The summed E-state index contributed by atoms with van der Waals surface area (Å²) < 4.78 is 11.3. The number of esters is 1. The SMILES string of the molecule is CCOC(=O)C1CCCN(Cc2c(O)ccc3c(=O)c(-c4ccc(Cl)cc4)c(C)oc23)C1. The van der Waals surface area contributed by atoms with Crippen LogP contribution >= 0.6 is 11.6 Å². The fraction of sp³-hybridized carbons (Fsp3) is 0.360. The third-order valence-corrected chi connectivity index (χ3v) is 6.21. The van der Waals surface area contributed by atoms with Gasteiger partial charge in [-0.15, -0.1) is 0 Å². The molecule has 1 aliphatic heterocycles. The van der Waals surface area contributed by atoms with Gasteiger partial charge < -0.3 is 14.3 Å². The van der Waals surface area contributed by atoms with Crippen LogP contribution in [-0.4, -0.2) is 35.7 Å². The maximum atomic E-state index is 13.4. The van der Waals surface area contributed by atoms with Crippen LogP contribution in [0, 0.1) is 12.8 Å². The Morgan fingerprint density at radius 3 is 2.72 bits per heavy atom. The first kappa shape index (κ1) is 22.4. The lowest BCUT2D eigenvalue weighted by atomic mass is 9.97. The number of carbonyl (C=O) groups is 1. The Bertz CT molecular complexity index is 1200. The number of phenolic OH excluding ortho intramolecular Hbond substituents is 1. The van der Waals surface area contributed by atoms with Crippen molar-refractivity contribution in [3.8, 4) is 16.9 Å². The van der Waals surface area contributed by atoms with Crippen LogP contribution in [-0.2, 0) is 16.1 Å². The molecule has 0 spiro atoms. The maximum Gasteiger partial charge on any atom is 0.310 e. The van der Waals surface area contributed by atoms with Crippen LogP contribution in [0.15, 0.2) is 45.6 Å². The summed E-state index contributed by atoms with van der Waals surface area (Å²) in [6, 6.07) is 10.2. The number of phenols is 1. The molecule has 168 valence electrons. The van der Waals surface area contributed by atoms with E-state index < -0.39 is 0 Å². The van der Waals surface area contributed by atoms with Crippen LogP contribution < -0.4 is 5.43 Å². The Labute approximate surface area is 191 Å². The van der Waals surface area contributed by atoms with Gasteiger partial charge in [0.1, 0.15) is 17.1 Å². The Morgan fingerprint density at radius 1 is 1.25 bits per heavy atom. The number of hydrogen-bond acceptors (Lipinski definition) is 6. The largest absolute Gasteiger partial charge is 0.507 e. The van der Waals surface area contributed by atoms with Crippen molar-refractivity contribution in [3.05, 3.63) is 63.0 Å². The molecule has 0 amide bonds. The van der Waals surface area contributed by atoms with Gasteiger partial charge in [0.15, 0.2) is 0 Å². The van der Waals surface area contributed by atoms with Crippen molar-refractivity contribution in [2.24, 2.45) is 5.92 Å². The first-order valence-corrected chi connectivity index (χ1v) is 11.2. The van der Waals surface area contributed by atoms with Gasteiger partial charge >= 0.3 is 5.97 Å². The van der Waals surface area contributed by atoms with Gasteiger partial charge in [0.2, 0.25) is 5.43 Å². The lowest BCUT2D eigenvalue weighted by Gasteiger charge is -2.31. The number of halogens is 1. The van der Waals surface area contributed by atoms with Crippen LogP contribution in [0.2, 0.25) is 5.02 Å². The van der Waals surface area contributed by atoms with Crippen molar-refractivity contribution in [2.75, 3.05) is 19.7 Å². The van der Waals surface area contributed by atoms with E-state index in [2.05, 4.69) is 4.90 Å². The number of hydrogen-bond donors (Lipinski definition) is 1. The summed E-state index contributed by atoms with van der Waals surface area (Å²) >= 11 is 5.99. The predicted molar refractivity (Wildman–Crippen MR) is 124 cm³/mol. The molecule has 0 radical (unpaired) electrons. The number of rotatable bonds is 5. The Hall–Kier alpha value is -2.83. The minimum Gasteiger partial charge on any atom is -0.507 e. The van der Waals surface area contributed by atoms with E-state index in [0.29, 0.717) is 52.6 Å². The molecule has 1 fully saturated rings. The van der Waals surface area contributed by atoms with Crippen molar-refractivity contribution in [2.45, 2.75) is 33.2 Å². The van der Waals surface area contributed by atoms with E-state index in [-0.39, 0.29) is 23.1 Å². The molecule has 3 aromatic rings. The molecular weight excluding hydrogens is 430 g/mol. The summed E-state index contributed by atoms with van der Waals surface area (Å²) in [5.41, 5.74) is 1.98. The second kappa shape index (κ2) is 9.35. The number of benzene rings is 2. The second-order valence-corrected chi connectivity index (χ2v) is 8.57. The van der Waals surface area contributed by atoms with Gasteiger partial charge in [0.25, 0.3) is 0 Å². The minimum absolute atomic E-state index is 0.0672. The molecule has 2 heterocycles. The highest BCUT2D eigenvalue weighted by atomic mass is 35.5. The third kappa shape index (κ3) is 4.38. The van der Waals surface area contributed by atoms with Crippen molar-refractivity contribution in [1.82, 2.24) is 4.90 Å². The molecule has 1 atom stereocenters. The topological polar surface area (TPSA) is 80.0 Å². The number of ether oxygens (including phenoxy) is 1. The number of nitrogens with zero attached hydrogens (tertiary/aromatic N) is 1. The molecule has 6 nitrogen and oxygen atoms in total. The van der Waals surface area contributed by atoms with E-state index in [0.717, 1.165) is 24.9 Å². The summed E-state index contributed by atoms with van der Waals surface area (Å²) in [4.78, 5) is 27.6. The smallest absolute Gasteiger partial charge is 0.310 e. The lowest BCUT2D eigenvalue weighted by molar-refractivity contribution is -0.150. The van der Waals surface area contributed by atoms with Crippen molar-refractivity contribution >= 4 is 28.5 Å². The van der Waals surface area contributed by atoms with Gasteiger partial charge in [0.05, 0.1) is 29.0 Å². The summed E-state index contributed by atoms with van der Waals surface area (Å²) in [6.07, 6.45) is 1.65. The van der Waals surface area contributed by atoms with Gasteiger partial charge in [-0.3, -0.25) is 14.5 Å². The summed E-state index contributed by atoms with van der Waals surface area (Å²) in [5.74, 6) is 0.165. The minimum atomic E-state index is -0.189. The zero-order chi connectivity index (χ0) is 22.8. The van der Waals surface area contributed by atoms with Gasteiger partial charge in [-0.25, -0.2) is 0 Å². The summed E-state index contributed by atoms with van der Waals surface area (Å²) in [7, 11) is 0. The van der Waals surface area contributed by atoms with Crippen LogP contribution in [0.5, 0.6) is 5.75 Å². The molecule has 1 unspecified atom stereocenters. The van der Waals surface area contributed by atoms with E-state index in [1.165, 1.54) is 6.07 Å². The molecule has 32 heavy (non-hydrogen) atoms. The first-order valence-electron chi connectivity index (χ1n) is 10.8. The standard InChI is InChI=1S/C25H26ClNO5/c1-3-31-25(30)17-5-4-12-27(13-17)14-20-21(28)11-10-19-23(29)22(15(2)32-24(19)20)16-6-8-18(26)9-7-16/h6-11,17,28H,3-5,12-14H2,1-2H3. The van der Waals surface area contributed by atoms with E-state index in [1.54, 1.807) is 44.2 Å². The number of aryl methyl sites for hydroxylation is 1. The quantitative estimate of drug-likeness (QED) is 0.551. The molecule has 0 saturated carbocycles. The fourth-order valence-corrected chi connectivity index (χ4v) is 4.52. The van der Waals surface area contributed by atoms with E-state index >= 15 is 0 Å². The second-order valence-electron chi connectivity index (χ2n) is 8.14. The van der Waals surface area contributed by atoms with E-state index in [9.17, 15) is 14.7 Å².